The number of benzene rings is 3. The molecule has 5 rings (SSSR count). The van der Waals surface area contributed by atoms with E-state index in [9.17, 15) is 0 Å². The van der Waals surface area contributed by atoms with E-state index in [0.717, 1.165) is 0 Å². The van der Waals surface area contributed by atoms with Gasteiger partial charge in [0.05, 0.1) is 0 Å². The van der Waals surface area contributed by atoms with Crippen molar-refractivity contribution in [2.24, 2.45) is 5.92 Å². The van der Waals surface area contributed by atoms with E-state index in [0.29, 0.717) is 28.1 Å². The fraction of sp³-hybridized carbons (Fsp3) is 0.222. The second-order valence-corrected chi connectivity index (χ2v) is 8.79. The van der Waals surface area contributed by atoms with Gasteiger partial charge in [-0.15, -0.1) is 71.3 Å². The van der Waals surface area contributed by atoms with Crippen LogP contribution in [0.1, 0.15) is 65.0 Å². The second-order valence-electron chi connectivity index (χ2n) is 8.79. The average Bonchev–Trinajstić information content (AvgIpc) is 3.07. The summed E-state index contributed by atoms with van der Waals surface area (Å²) in [5, 5.41) is 0. The SMILES string of the molecule is [2H]C([2H])([2H])c1c[c-]c(-c2cc(C([2H])([2H])C(C)C)c(C([2H])([2H])[2H])cn2)cc1.[2H]C([2H])([2H])c1cnc(-c2[c-]cccc2)cc1C([2H])([2H])c1ccccc1.[Ir]. The molecular weight excluding hydrogens is 653 g/mol. The molecule has 39 heavy (non-hydrogen) atoms. The van der Waals surface area contributed by atoms with Crippen LogP contribution in [-0.4, -0.2) is 9.97 Å². The molecule has 0 saturated heterocycles. The maximum absolute atomic E-state index is 8.57. The van der Waals surface area contributed by atoms with E-state index in [1.807, 2.05) is 12.1 Å². The van der Waals surface area contributed by atoms with Crippen molar-refractivity contribution in [1.29, 1.82) is 0 Å². The van der Waals surface area contributed by atoms with E-state index in [4.69, 9.17) is 17.8 Å². The third-order valence-electron chi connectivity index (χ3n) is 5.38. The second kappa shape index (κ2) is 14.7. The van der Waals surface area contributed by atoms with E-state index in [1.54, 1.807) is 56.3 Å². The third kappa shape index (κ3) is 8.82. The smallest absolute Gasteiger partial charge is 0.0366 e. The van der Waals surface area contributed by atoms with E-state index in [-0.39, 0.29) is 47.9 Å². The van der Waals surface area contributed by atoms with Crippen molar-refractivity contribution in [3.05, 3.63) is 143 Å². The van der Waals surface area contributed by atoms with Crippen LogP contribution in [0, 0.1) is 38.6 Å². The van der Waals surface area contributed by atoms with Crippen molar-refractivity contribution in [2.45, 2.75) is 47.1 Å². The summed E-state index contributed by atoms with van der Waals surface area (Å²) in [6, 6.07) is 28.9. The van der Waals surface area contributed by atoms with Crippen molar-refractivity contribution in [3.63, 3.8) is 0 Å². The summed E-state index contributed by atoms with van der Waals surface area (Å²) >= 11 is 0. The molecule has 0 N–H and O–H groups in total. The Hall–Kier alpha value is -3.39. The molecule has 2 heterocycles. The molecule has 5 aromatic rings. The van der Waals surface area contributed by atoms with Gasteiger partial charge in [-0.3, -0.25) is 0 Å². The molecule has 3 heteroatoms. The summed E-state index contributed by atoms with van der Waals surface area (Å²) in [5.41, 5.74) is 2.47. The van der Waals surface area contributed by atoms with Gasteiger partial charge in [0.15, 0.2) is 0 Å². The first kappa shape index (κ1) is 16.7. The first-order chi connectivity index (χ1) is 23.5. The zero-order valence-electron chi connectivity index (χ0n) is 34.5. The van der Waals surface area contributed by atoms with Crippen molar-refractivity contribution >= 4 is 0 Å². The Labute approximate surface area is 266 Å². The summed E-state index contributed by atoms with van der Waals surface area (Å²) < 4.78 is 102. The Balaban J connectivity index is 0.000000275. The van der Waals surface area contributed by atoms with Crippen LogP contribution in [0.2, 0.25) is 0 Å². The van der Waals surface area contributed by atoms with Gasteiger partial charge in [-0.25, -0.2) is 0 Å². The average molecular weight is 702 g/mol. The zero-order valence-corrected chi connectivity index (χ0v) is 23.9. The molecule has 0 bridgehead atoms. The number of aryl methyl sites for hydroxylation is 3. The number of aromatic nitrogens is 2. The fourth-order valence-electron chi connectivity index (χ4n) is 3.55. The van der Waals surface area contributed by atoms with Gasteiger partial charge in [-0.05, 0) is 66.0 Å². The Morgan fingerprint density at radius 1 is 0.769 bits per heavy atom. The van der Waals surface area contributed by atoms with Crippen molar-refractivity contribution in [1.82, 2.24) is 9.97 Å². The van der Waals surface area contributed by atoms with Crippen LogP contribution in [0.4, 0.5) is 0 Å². The molecule has 0 fully saturated rings. The molecule has 2 aromatic heterocycles. The first-order valence-electron chi connectivity index (χ1n) is 18.6. The number of nitrogens with zero attached hydrogens (tertiary/aromatic N) is 2. The van der Waals surface area contributed by atoms with Crippen LogP contribution in [0.15, 0.2) is 97.3 Å². The molecule has 201 valence electrons. The maximum Gasteiger partial charge on any atom is 0.0366 e. The number of hydrogen-bond acceptors (Lipinski definition) is 2. The third-order valence-corrected chi connectivity index (χ3v) is 5.38. The summed E-state index contributed by atoms with van der Waals surface area (Å²) in [6.07, 6.45) is -1.40. The van der Waals surface area contributed by atoms with Crippen molar-refractivity contribution in [3.8, 4) is 22.5 Å². The molecule has 0 amide bonds. The molecule has 0 aliphatic carbocycles. The van der Waals surface area contributed by atoms with Crippen molar-refractivity contribution in [2.75, 3.05) is 0 Å². The van der Waals surface area contributed by atoms with Crippen LogP contribution < -0.4 is 0 Å². The van der Waals surface area contributed by atoms with Gasteiger partial charge in [0.1, 0.15) is 0 Å². The van der Waals surface area contributed by atoms with E-state index < -0.39 is 39.2 Å². The molecule has 3 aromatic carbocycles. The Bertz CT molecular complexity index is 1920. The predicted molar refractivity (Wildman–Crippen MR) is 159 cm³/mol. The Kier molecular flexibility index (Phi) is 6.27. The fourth-order valence-corrected chi connectivity index (χ4v) is 3.55. The minimum atomic E-state index is -2.49. The molecule has 0 saturated carbocycles. The van der Waals surface area contributed by atoms with Crippen LogP contribution in [0.25, 0.3) is 22.5 Å². The van der Waals surface area contributed by atoms with Crippen LogP contribution in [-0.2, 0) is 32.9 Å². The topological polar surface area (TPSA) is 25.8 Å². The molecule has 0 unspecified atom stereocenters. The molecule has 0 aliphatic heterocycles. The maximum atomic E-state index is 8.57. The van der Waals surface area contributed by atoms with Crippen LogP contribution in [0.5, 0.6) is 0 Å². The van der Waals surface area contributed by atoms with Crippen LogP contribution >= 0.6 is 0 Å². The van der Waals surface area contributed by atoms with E-state index in [1.165, 1.54) is 42.7 Å². The molecule has 2 nitrogen and oxygen atoms in total. The Morgan fingerprint density at radius 2 is 1.44 bits per heavy atom. The predicted octanol–water partition coefficient (Wildman–Crippen LogP) is 8.81. The number of rotatable bonds is 6. The minimum Gasteiger partial charge on any atom is -0.304 e. The quantitative estimate of drug-likeness (QED) is 0.166. The van der Waals surface area contributed by atoms with E-state index in [2.05, 4.69) is 22.1 Å². The molecular formula is C36H36IrN2-2. The monoisotopic (exact) mass is 702 g/mol. The van der Waals surface area contributed by atoms with Gasteiger partial charge in [0.2, 0.25) is 0 Å². The normalized spacial score (nSPS) is 17.1. The molecule has 1 radical (unpaired) electrons. The molecule has 0 atom stereocenters. The van der Waals surface area contributed by atoms with Gasteiger partial charge in [0, 0.05) is 50.3 Å². The summed E-state index contributed by atoms with van der Waals surface area (Å²) in [4.78, 5) is 8.37. The molecule has 0 spiro atoms. The summed E-state index contributed by atoms with van der Waals surface area (Å²) in [6.45, 7) is -3.82. The van der Waals surface area contributed by atoms with Gasteiger partial charge in [-0.2, -0.15) is 0 Å². The minimum absolute atomic E-state index is 0. The van der Waals surface area contributed by atoms with Gasteiger partial charge < -0.3 is 9.97 Å². The molecule has 0 aliphatic rings. The van der Waals surface area contributed by atoms with Gasteiger partial charge in [-0.1, -0.05) is 68.7 Å². The van der Waals surface area contributed by atoms with Gasteiger partial charge >= 0.3 is 0 Å². The number of hydrogen-bond donors (Lipinski definition) is 0. The Morgan fingerprint density at radius 3 is 2.03 bits per heavy atom. The standard InChI is InChI=1S/C19H16N.C17H20N.Ir/c1-15-14-20-19(17-10-6-3-7-11-17)13-18(15)12-16-8-4-2-5-9-16;1-12(2)9-16-10-17(18-11-14(16)4)15-7-5-13(3)6-8-15;/h2-10,13-14H,12H2,1H3;5-7,10-12H,9H2,1-4H3;/q2*-1;/i1D3,12D2;3D3,4D3,9D2;. The first-order valence-corrected chi connectivity index (χ1v) is 12.1. The van der Waals surface area contributed by atoms with Crippen LogP contribution in [0.3, 0.4) is 0 Å². The number of pyridine rings is 2. The van der Waals surface area contributed by atoms with Gasteiger partial charge in [0.25, 0.3) is 0 Å². The zero-order chi connectivity index (χ0) is 38.0. The summed E-state index contributed by atoms with van der Waals surface area (Å²) in [7, 11) is 0. The largest absolute Gasteiger partial charge is 0.304 e. The van der Waals surface area contributed by atoms with E-state index >= 15 is 0 Å². The van der Waals surface area contributed by atoms with Crippen molar-refractivity contribution < 1.29 is 37.9 Å². The summed E-state index contributed by atoms with van der Waals surface area (Å²) in [5.74, 6) is -0.444.